The van der Waals surface area contributed by atoms with E-state index in [0.29, 0.717) is 0 Å². The number of benzene rings is 1. The zero-order valence-corrected chi connectivity index (χ0v) is 10.7. The van der Waals surface area contributed by atoms with Gasteiger partial charge in [0.1, 0.15) is 6.04 Å². The lowest BCUT2D eigenvalue weighted by Crippen LogP contribution is -2.21. The Bertz CT molecular complexity index is 428. The Kier molecular flexibility index (Phi) is 3.05. The molecule has 0 saturated carbocycles. The molecule has 2 heteroatoms. The number of ether oxygens (including phenoxy) is 1. The van der Waals surface area contributed by atoms with Crippen molar-refractivity contribution in [2.24, 2.45) is 10.4 Å². The van der Waals surface area contributed by atoms with Crippen molar-refractivity contribution in [1.82, 2.24) is 0 Å². The van der Waals surface area contributed by atoms with Gasteiger partial charge in [0.25, 0.3) is 0 Å². The molecule has 0 aromatic heterocycles. The Hall–Kier alpha value is -1.57. The fraction of sp³-hybridized carbons (Fsp3) is 0.400. The zero-order chi connectivity index (χ0) is 12.5. The summed E-state index contributed by atoms with van der Waals surface area (Å²) < 4.78 is 5.99. The first-order valence-electron chi connectivity index (χ1n) is 5.95. The zero-order valence-electron chi connectivity index (χ0n) is 10.7. The van der Waals surface area contributed by atoms with Crippen molar-refractivity contribution < 1.29 is 4.74 Å². The summed E-state index contributed by atoms with van der Waals surface area (Å²) in [7, 11) is 0. The standard InChI is InChI=1S/C15H19NO/c1-5-12-13(11-9-7-6-8-10-11)17-14(16-12)15(2,3)4/h5-10,12-13H,1H2,2-4H3/t12-,13+/m1/s1. The van der Waals surface area contributed by atoms with Gasteiger partial charge in [-0.1, -0.05) is 57.2 Å². The van der Waals surface area contributed by atoms with Crippen molar-refractivity contribution in [3.63, 3.8) is 0 Å². The van der Waals surface area contributed by atoms with Crippen molar-refractivity contribution in [2.75, 3.05) is 0 Å². The van der Waals surface area contributed by atoms with Crippen LogP contribution in [0.5, 0.6) is 0 Å². The summed E-state index contributed by atoms with van der Waals surface area (Å²) in [6.07, 6.45) is 1.83. The van der Waals surface area contributed by atoms with Crippen LogP contribution in [-0.4, -0.2) is 11.9 Å². The maximum absolute atomic E-state index is 5.99. The summed E-state index contributed by atoms with van der Waals surface area (Å²) in [5, 5.41) is 0. The fourth-order valence-corrected chi connectivity index (χ4v) is 1.88. The van der Waals surface area contributed by atoms with Crippen LogP contribution >= 0.6 is 0 Å². The Morgan fingerprint density at radius 2 is 1.88 bits per heavy atom. The fourth-order valence-electron chi connectivity index (χ4n) is 1.88. The van der Waals surface area contributed by atoms with E-state index >= 15 is 0 Å². The van der Waals surface area contributed by atoms with Gasteiger partial charge in [-0.25, -0.2) is 4.99 Å². The van der Waals surface area contributed by atoms with Crippen molar-refractivity contribution in [1.29, 1.82) is 0 Å². The van der Waals surface area contributed by atoms with Gasteiger partial charge in [0.2, 0.25) is 0 Å². The first kappa shape index (κ1) is 11.9. The molecule has 2 rings (SSSR count). The molecule has 0 saturated heterocycles. The normalized spacial score (nSPS) is 24.1. The summed E-state index contributed by atoms with van der Waals surface area (Å²) in [5.41, 5.74) is 1.10. The van der Waals surface area contributed by atoms with E-state index in [0.717, 1.165) is 11.5 Å². The Balaban J connectivity index is 2.26. The third-order valence-corrected chi connectivity index (χ3v) is 2.83. The first-order chi connectivity index (χ1) is 8.02. The molecule has 0 aliphatic carbocycles. The molecule has 0 unspecified atom stereocenters. The molecule has 2 atom stereocenters. The third kappa shape index (κ3) is 2.41. The van der Waals surface area contributed by atoms with Crippen LogP contribution in [0.15, 0.2) is 48.0 Å². The molecule has 1 aromatic rings. The molecular weight excluding hydrogens is 210 g/mol. The maximum atomic E-state index is 5.99. The van der Waals surface area contributed by atoms with Gasteiger partial charge < -0.3 is 4.74 Å². The molecule has 17 heavy (non-hydrogen) atoms. The van der Waals surface area contributed by atoms with Crippen LogP contribution in [0, 0.1) is 5.41 Å². The third-order valence-electron chi connectivity index (χ3n) is 2.83. The number of rotatable bonds is 2. The van der Waals surface area contributed by atoms with E-state index in [1.54, 1.807) is 0 Å². The molecule has 1 aliphatic heterocycles. The highest BCUT2D eigenvalue weighted by molar-refractivity contribution is 5.83. The van der Waals surface area contributed by atoms with Crippen LogP contribution in [0.25, 0.3) is 0 Å². The molecule has 2 nitrogen and oxygen atoms in total. The summed E-state index contributed by atoms with van der Waals surface area (Å²) in [6, 6.07) is 10.2. The molecule has 0 bridgehead atoms. The largest absolute Gasteiger partial charge is 0.470 e. The van der Waals surface area contributed by atoms with Gasteiger partial charge in [0.05, 0.1) is 0 Å². The van der Waals surface area contributed by atoms with Gasteiger partial charge in [-0.2, -0.15) is 0 Å². The van der Waals surface area contributed by atoms with E-state index in [9.17, 15) is 0 Å². The van der Waals surface area contributed by atoms with Crippen LogP contribution in [0.4, 0.5) is 0 Å². The lowest BCUT2D eigenvalue weighted by molar-refractivity contribution is 0.188. The van der Waals surface area contributed by atoms with Crippen molar-refractivity contribution in [3.05, 3.63) is 48.6 Å². The average Bonchev–Trinajstić information content (AvgIpc) is 2.73. The predicted molar refractivity (Wildman–Crippen MR) is 71.1 cm³/mol. The topological polar surface area (TPSA) is 21.6 Å². The highest BCUT2D eigenvalue weighted by Crippen LogP contribution is 2.34. The maximum Gasteiger partial charge on any atom is 0.190 e. The monoisotopic (exact) mass is 229 g/mol. The van der Waals surface area contributed by atoms with Crippen molar-refractivity contribution >= 4 is 5.90 Å². The van der Waals surface area contributed by atoms with E-state index in [1.807, 2.05) is 24.3 Å². The summed E-state index contributed by atoms with van der Waals surface area (Å²) in [5.74, 6) is 0.816. The van der Waals surface area contributed by atoms with E-state index in [1.165, 1.54) is 0 Å². The van der Waals surface area contributed by atoms with Gasteiger partial charge >= 0.3 is 0 Å². The van der Waals surface area contributed by atoms with Gasteiger partial charge in [-0.05, 0) is 5.56 Å². The van der Waals surface area contributed by atoms with Gasteiger partial charge in [-0.3, -0.25) is 0 Å². The van der Waals surface area contributed by atoms with E-state index in [2.05, 4.69) is 44.5 Å². The number of hydrogen-bond donors (Lipinski definition) is 0. The van der Waals surface area contributed by atoms with E-state index < -0.39 is 0 Å². The van der Waals surface area contributed by atoms with Crippen LogP contribution < -0.4 is 0 Å². The molecule has 0 spiro atoms. The summed E-state index contributed by atoms with van der Waals surface area (Å²) in [6.45, 7) is 10.2. The molecule has 0 fully saturated rings. The van der Waals surface area contributed by atoms with Crippen LogP contribution in [-0.2, 0) is 4.74 Å². The minimum absolute atomic E-state index is 0.0200. The molecule has 1 aromatic carbocycles. The minimum atomic E-state index is -0.0508. The van der Waals surface area contributed by atoms with Crippen LogP contribution in [0.2, 0.25) is 0 Å². The molecular formula is C15H19NO. The molecule has 90 valence electrons. The smallest absolute Gasteiger partial charge is 0.190 e. The number of hydrogen-bond acceptors (Lipinski definition) is 2. The number of aliphatic imine (C=N–C) groups is 1. The van der Waals surface area contributed by atoms with Crippen LogP contribution in [0.1, 0.15) is 32.4 Å². The van der Waals surface area contributed by atoms with E-state index in [-0.39, 0.29) is 17.6 Å². The Morgan fingerprint density at radius 1 is 1.24 bits per heavy atom. The molecule has 0 radical (unpaired) electrons. The lowest BCUT2D eigenvalue weighted by Gasteiger charge is -2.21. The summed E-state index contributed by atoms with van der Waals surface area (Å²) >= 11 is 0. The van der Waals surface area contributed by atoms with Crippen molar-refractivity contribution in [2.45, 2.75) is 32.9 Å². The van der Waals surface area contributed by atoms with Crippen LogP contribution in [0.3, 0.4) is 0 Å². The second-order valence-electron chi connectivity index (χ2n) is 5.36. The van der Waals surface area contributed by atoms with Gasteiger partial charge in [-0.15, -0.1) is 6.58 Å². The SMILES string of the molecule is C=C[C@H]1N=C(C(C)(C)C)O[C@H]1c1ccccc1. The predicted octanol–water partition coefficient (Wildman–Crippen LogP) is 3.76. The Morgan fingerprint density at radius 3 is 2.41 bits per heavy atom. The lowest BCUT2D eigenvalue weighted by atomic mass is 9.97. The Labute approximate surface area is 103 Å². The van der Waals surface area contributed by atoms with Gasteiger partial charge in [0.15, 0.2) is 12.0 Å². The quantitative estimate of drug-likeness (QED) is 0.708. The minimum Gasteiger partial charge on any atom is -0.470 e. The number of nitrogens with zero attached hydrogens (tertiary/aromatic N) is 1. The highest BCUT2D eigenvalue weighted by Gasteiger charge is 2.35. The van der Waals surface area contributed by atoms with Crippen molar-refractivity contribution in [3.8, 4) is 0 Å². The molecule has 0 N–H and O–H groups in total. The summed E-state index contributed by atoms with van der Waals surface area (Å²) in [4.78, 5) is 4.61. The molecule has 1 aliphatic rings. The van der Waals surface area contributed by atoms with E-state index in [4.69, 9.17) is 4.74 Å². The first-order valence-corrected chi connectivity index (χ1v) is 5.95. The second-order valence-corrected chi connectivity index (χ2v) is 5.36. The molecule has 0 amide bonds. The highest BCUT2D eigenvalue weighted by atomic mass is 16.5. The van der Waals surface area contributed by atoms with Gasteiger partial charge in [0, 0.05) is 5.41 Å². The average molecular weight is 229 g/mol. The second kappa shape index (κ2) is 4.36. The molecule has 1 heterocycles.